The van der Waals surface area contributed by atoms with Crippen LogP contribution in [0.1, 0.15) is 5.01 Å². The third-order valence-electron chi connectivity index (χ3n) is 3.39. The molecule has 2 heterocycles. The number of aromatic nitrogens is 1. The lowest BCUT2D eigenvalue weighted by atomic mass is 10.1. The van der Waals surface area contributed by atoms with Crippen LogP contribution in [0.25, 0.3) is 10.2 Å². The van der Waals surface area contributed by atoms with Crippen molar-refractivity contribution < 1.29 is 4.74 Å². The number of thioether (sulfide) groups is 1. The first-order valence-corrected chi connectivity index (χ1v) is 8.55. The van der Waals surface area contributed by atoms with Crippen molar-refractivity contribution in [3.8, 4) is 0 Å². The van der Waals surface area contributed by atoms with Gasteiger partial charge in [0.15, 0.2) is 0 Å². The fourth-order valence-corrected chi connectivity index (χ4v) is 4.32. The molecule has 5 heteroatoms. The molecule has 1 aromatic carbocycles. The number of ether oxygens (including phenoxy) is 1. The van der Waals surface area contributed by atoms with Crippen molar-refractivity contribution >= 4 is 33.3 Å². The van der Waals surface area contributed by atoms with E-state index in [-0.39, 0.29) is 0 Å². The maximum atomic E-state index is 5.87. The highest BCUT2D eigenvalue weighted by atomic mass is 32.2. The predicted octanol–water partition coefficient (Wildman–Crippen LogP) is 2.56. The summed E-state index contributed by atoms with van der Waals surface area (Å²) in [7, 11) is 2.01. The molecule has 0 aliphatic carbocycles. The van der Waals surface area contributed by atoms with Crippen molar-refractivity contribution in [2.45, 2.75) is 18.6 Å². The molecule has 2 aromatic rings. The van der Waals surface area contributed by atoms with E-state index in [1.807, 2.05) is 24.9 Å². The van der Waals surface area contributed by atoms with Crippen molar-refractivity contribution in [3.05, 3.63) is 29.3 Å². The van der Waals surface area contributed by atoms with E-state index in [4.69, 9.17) is 9.72 Å². The molecular weight excluding hydrogens is 276 g/mol. The molecule has 1 aromatic heterocycles. The zero-order valence-corrected chi connectivity index (χ0v) is 12.6. The van der Waals surface area contributed by atoms with Crippen LogP contribution in [0.4, 0.5) is 0 Å². The van der Waals surface area contributed by atoms with E-state index in [2.05, 4.69) is 23.5 Å². The van der Waals surface area contributed by atoms with E-state index in [1.165, 1.54) is 9.71 Å². The molecule has 2 atom stereocenters. The Morgan fingerprint density at radius 1 is 1.47 bits per heavy atom. The molecule has 0 radical (unpaired) electrons. The smallest absolute Gasteiger partial charge is 0.0955 e. The second kappa shape index (κ2) is 6.22. The summed E-state index contributed by atoms with van der Waals surface area (Å²) in [4.78, 5) is 4.71. The average molecular weight is 294 g/mol. The van der Waals surface area contributed by atoms with Crippen LogP contribution in [0, 0.1) is 0 Å². The largest absolute Gasteiger partial charge is 0.375 e. The number of nitrogens with one attached hydrogen (secondary N) is 1. The molecule has 0 amide bonds. The molecule has 0 spiro atoms. The van der Waals surface area contributed by atoms with Gasteiger partial charge in [0.2, 0.25) is 0 Å². The molecule has 102 valence electrons. The number of para-hydroxylation sites is 1. The Bertz CT molecular complexity index is 504. The third-order valence-corrected chi connectivity index (χ3v) is 5.47. The zero-order chi connectivity index (χ0) is 13.1. The fourth-order valence-electron chi connectivity index (χ4n) is 2.35. The number of fused-ring (bicyclic) bond motifs is 1. The van der Waals surface area contributed by atoms with Gasteiger partial charge in [-0.05, 0) is 19.2 Å². The molecular formula is C14H18N2OS2. The van der Waals surface area contributed by atoms with Gasteiger partial charge in [-0.1, -0.05) is 12.1 Å². The van der Waals surface area contributed by atoms with Crippen molar-refractivity contribution in [1.29, 1.82) is 0 Å². The summed E-state index contributed by atoms with van der Waals surface area (Å²) < 4.78 is 7.14. The molecule has 3 nitrogen and oxygen atoms in total. The number of benzene rings is 1. The van der Waals surface area contributed by atoms with Gasteiger partial charge in [0.05, 0.1) is 27.9 Å². The van der Waals surface area contributed by atoms with Gasteiger partial charge >= 0.3 is 0 Å². The molecule has 1 N–H and O–H groups in total. The summed E-state index contributed by atoms with van der Waals surface area (Å²) in [6.07, 6.45) is 1.25. The average Bonchev–Trinajstić information content (AvgIpc) is 2.88. The molecule has 1 saturated heterocycles. The Morgan fingerprint density at radius 3 is 3.11 bits per heavy atom. The van der Waals surface area contributed by atoms with Gasteiger partial charge in [-0.25, -0.2) is 4.98 Å². The summed E-state index contributed by atoms with van der Waals surface area (Å²) in [6.45, 7) is 0.868. The maximum Gasteiger partial charge on any atom is 0.0955 e. The van der Waals surface area contributed by atoms with Gasteiger partial charge in [0.1, 0.15) is 0 Å². The van der Waals surface area contributed by atoms with Crippen LogP contribution in [0.15, 0.2) is 24.3 Å². The molecule has 0 bridgehead atoms. The van der Waals surface area contributed by atoms with E-state index in [1.54, 1.807) is 11.3 Å². The summed E-state index contributed by atoms with van der Waals surface area (Å²) in [5.41, 5.74) is 1.11. The maximum absolute atomic E-state index is 5.87. The summed E-state index contributed by atoms with van der Waals surface area (Å²) in [5.74, 6) is 2.20. The van der Waals surface area contributed by atoms with Crippen LogP contribution in [0.3, 0.4) is 0 Å². The Kier molecular flexibility index (Phi) is 4.38. The molecule has 3 rings (SSSR count). The Balaban J connectivity index is 1.74. The van der Waals surface area contributed by atoms with E-state index in [9.17, 15) is 0 Å². The summed E-state index contributed by atoms with van der Waals surface area (Å²) in [6, 6.07) is 8.69. The van der Waals surface area contributed by atoms with E-state index >= 15 is 0 Å². The molecule has 19 heavy (non-hydrogen) atoms. The first kappa shape index (κ1) is 13.4. The topological polar surface area (TPSA) is 34.2 Å². The van der Waals surface area contributed by atoms with Crippen molar-refractivity contribution in [2.24, 2.45) is 0 Å². The second-order valence-corrected chi connectivity index (χ2v) is 6.92. The van der Waals surface area contributed by atoms with Crippen LogP contribution >= 0.6 is 23.1 Å². The number of hydrogen-bond donors (Lipinski definition) is 1. The Hall–Kier alpha value is -0.620. The lowest BCUT2D eigenvalue weighted by Crippen LogP contribution is -2.44. The van der Waals surface area contributed by atoms with Crippen LogP contribution in [-0.4, -0.2) is 42.3 Å². The number of nitrogens with zero attached hydrogens (tertiary/aromatic N) is 1. The van der Waals surface area contributed by atoms with Crippen molar-refractivity contribution in [1.82, 2.24) is 10.3 Å². The van der Waals surface area contributed by atoms with E-state index < -0.39 is 0 Å². The van der Waals surface area contributed by atoms with Crippen LogP contribution in [-0.2, 0) is 11.2 Å². The van der Waals surface area contributed by atoms with Gasteiger partial charge in [-0.15, -0.1) is 11.3 Å². The summed E-state index contributed by atoms with van der Waals surface area (Å²) >= 11 is 3.77. The van der Waals surface area contributed by atoms with Gasteiger partial charge in [0.25, 0.3) is 0 Å². The van der Waals surface area contributed by atoms with E-state index in [0.717, 1.165) is 30.1 Å². The lowest BCUT2D eigenvalue weighted by molar-refractivity contribution is 0.0492. The molecule has 1 fully saturated rings. The van der Waals surface area contributed by atoms with Gasteiger partial charge < -0.3 is 10.1 Å². The monoisotopic (exact) mass is 294 g/mol. The predicted molar refractivity (Wildman–Crippen MR) is 83.2 cm³/mol. The highest BCUT2D eigenvalue weighted by Gasteiger charge is 2.24. The van der Waals surface area contributed by atoms with Crippen LogP contribution in [0.2, 0.25) is 0 Å². The highest BCUT2D eigenvalue weighted by molar-refractivity contribution is 7.99. The highest BCUT2D eigenvalue weighted by Crippen LogP contribution is 2.24. The quantitative estimate of drug-likeness (QED) is 0.940. The van der Waals surface area contributed by atoms with Crippen LogP contribution < -0.4 is 5.32 Å². The van der Waals surface area contributed by atoms with Gasteiger partial charge in [0, 0.05) is 24.0 Å². The summed E-state index contributed by atoms with van der Waals surface area (Å²) in [5, 5.41) is 4.59. The van der Waals surface area contributed by atoms with Crippen molar-refractivity contribution in [3.63, 3.8) is 0 Å². The number of rotatable bonds is 4. The standard InChI is InChI=1S/C14H18N2OS2/c1-15-11(12-9-18-7-6-17-12)8-14-16-10-4-2-3-5-13(10)19-14/h2-5,11-12,15H,6-9H2,1H3. The molecule has 0 saturated carbocycles. The number of likely N-dealkylation sites (N-methyl/N-ethyl adjacent to an activating group) is 1. The van der Waals surface area contributed by atoms with Gasteiger partial charge in [-0.2, -0.15) is 11.8 Å². The van der Waals surface area contributed by atoms with E-state index in [0.29, 0.717) is 12.1 Å². The Morgan fingerprint density at radius 2 is 2.37 bits per heavy atom. The minimum absolute atomic E-state index is 0.302. The molecule has 1 aliphatic rings. The second-order valence-electron chi connectivity index (χ2n) is 4.66. The van der Waals surface area contributed by atoms with Gasteiger partial charge in [-0.3, -0.25) is 0 Å². The SMILES string of the molecule is CNC(Cc1nc2ccccc2s1)C1CSCCO1. The first-order chi connectivity index (χ1) is 9.36. The molecule has 2 unspecified atom stereocenters. The number of hydrogen-bond acceptors (Lipinski definition) is 5. The number of thiazole rings is 1. The first-order valence-electron chi connectivity index (χ1n) is 6.58. The van der Waals surface area contributed by atoms with Crippen LogP contribution in [0.5, 0.6) is 0 Å². The molecule has 1 aliphatic heterocycles. The fraction of sp³-hybridized carbons (Fsp3) is 0.500. The normalized spacial score (nSPS) is 21.6. The Labute approximate surface area is 121 Å². The lowest BCUT2D eigenvalue weighted by Gasteiger charge is -2.29. The third kappa shape index (κ3) is 3.11. The minimum atomic E-state index is 0.302. The van der Waals surface area contributed by atoms with Crippen molar-refractivity contribution in [2.75, 3.05) is 25.2 Å². The zero-order valence-electron chi connectivity index (χ0n) is 11.0. The minimum Gasteiger partial charge on any atom is -0.375 e.